The molecule has 0 radical (unpaired) electrons. The lowest BCUT2D eigenvalue weighted by Crippen LogP contribution is -2.41. The predicted molar refractivity (Wildman–Crippen MR) is 159 cm³/mol. The van der Waals surface area contributed by atoms with Gasteiger partial charge in [-0.25, -0.2) is 9.59 Å². The highest BCUT2D eigenvalue weighted by atomic mass is 16.6. The van der Waals surface area contributed by atoms with Crippen LogP contribution < -0.4 is 15.5 Å². The Hall–Kier alpha value is -4.69. The van der Waals surface area contributed by atoms with Crippen molar-refractivity contribution in [3.8, 4) is 0 Å². The minimum absolute atomic E-state index is 0.111. The molecule has 0 saturated carbocycles. The fourth-order valence-electron chi connectivity index (χ4n) is 3.58. The molecule has 3 amide bonds. The van der Waals surface area contributed by atoms with Gasteiger partial charge in [0.05, 0.1) is 39.6 Å². The van der Waals surface area contributed by atoms with E-state index in [0.29, 0.717) is 38.7 Å². The number of benzene rings is 2. The van der Waals surface area contributed by atoms with Gasteiger partial charge in [-0.05, 0) is 41.8 Å². The van der Waals surface area contributed by atoms with Crippen molar-refractivity contribution in [3.05, 3.63) is 76.2 Å². The van der Waals surface area contributed by atoms with E-state index in [9.17, 15) is 24.3 Å². The number of azide groups is 1. The van der Waals surface area contributed by atoms with Crippen molar-refractivity contribution < 1.29 is 43.2 Å². The van der Waals surface area contributed by atoms with Crippen molar-refractivity contribution in [3.63, 3.8) is 0 Å². The maximum absolute atomic E-state index is 12.7. The van der Waals surface area contributed by atoms with Gasteiger partial charge in [-0.3, -0.25) is 14.5 Å². The first kappa shape index (κ1) is 35.5. The van der Waals surface area contributed by atoms with E-state index >= 15 is 0 Å². The van der Waals surface area contributed by atoms with E-state index in [-0.39, 0.29) is 50.6 Å². The van der Waals surface area contributed by atoms with Gasteiger partial charge in [0.1, 0.15) is 12.6 Å². The van der Waals surface area contributed by atoms with Crippen LogP contribution in [0, 0.1) is 0 Å². The molecule has 0 aromatic heterocycles. The molecule has 0 aliphatic rings. The lowest BCUT2D eigenvalue weighted by Gasteiger charge is -2.18. The zero-order valence-electron chi connectivity index (χ0n) is 24.6. The van der Waals surface area contributed by atoms with Crippen molar-refractivity contribution in [2.75, 3.05) is 64.7 Å². The summed E-state index contributed by atoms with van der Waals surface area (Å²) in [6, 6.07) is 14.0. The van der Waals surface area contributed by atoms with Crippen molar-refractivity contribution in [2.24, 2.45) is 5.11 Å². The Bertz CT molecular complexity index is 1220. The summed E-state index contributed by atoms with van der Waals surface area (Å²) in [5.74, 6) is -2.28. The number of nitrogens with zero attached hydrogens (tertiary/aromatic N) is 4. The fourth-order valence-corrected chi connectivity index (χ4v) is 3.58. The third kappa shape index (κ3) is 14.5. The SMILES string of the molecule is CN(C(=O)OCc1ccccc1)c1ccc(C(=O)N[C@@H](CCC(=O)NCCOCCOCCOCCN=[N+]=[N-])C(=O)O)cc1. The number of carboxylic acid groups (broad SMARTS) is 1. The summed E-state index contributed by atoms with van der Waals surface area (Å²) in [6.45, 7) is 2.57. The monoisotopic (exact) mass is 614 g/mol. The first-order valence-electron chi connectivity index (χ1n) is 13.9. The molecular weight excluding hydrogens is 576 g/mol. The minimum atomic E-state index is -1.28. The summed E-state index contributed by atoms with van der Waals surface area (Å²) in [6.07, 6.45) is -0.801. The molecule has 1 atom stereocenters. The van der Waals surface area contributed by atoms with E-state index in [1.807, 2.05) is 30.3 Å². The number of ether oxygens (including phenoxy) is 4. The molecule has 15 heteroatoms. The van der Waals surface area contributed by atoms with Crippen molar-refractivity contribution in [2.45, 2.75) is 25.5 Å². The standard InChI is InChI=1S/C29H38N6O9/c1-35(29(40)44-21-22-5-3-2-4-6-22)24-9-7-23(8-10-24)27(37)33-25(28(38)39)11-12-26(36)31-13-15-41-17-19-43-20-18-42-16-14-32-34-30/h2-10,25H,11-21H2,1H3,(H,31,36)(H,33,37)(H,38,39)/t25-/m0/s1. The molecule has 0 unspecified atom stereocenters. The molecule has 44 heavy (non-hydrogen) atoms. The third-order valence-electron chi connectivity index (χ3n) is 5.97. The zero-order valence-corrected chi connectivity index (χ0v) is 24.6. The Balaban J connectivity index is 1.64. The van der Waals surface area contributed by atoms with Crippen LogP contribution in [0.3, 0.4) is 0 Å². The van der Waals surface area contributed by atoms with Gasteiger partial charge in [0, 0.05) is 42.7 Å². The van der Waals surface area contributed by atoms with Crippen LogP contribution in [0.25, 0.3) is 10.4 Å². The molecule has 0 aliphatic heterocycles. The van der Waals surface area contributed by atoms with Crippen LogP contribution in [0.15, 0.2) is 59.7 Å². The van der Waals surface area contributed by atoms with Crippen molar-refractivity contribution >= 4 is 29.6 Å². The van der Waals surface area contributed by atoms with Crippen molar-refractivity contribution in [1.82, 2.24) is 10.6 Å². The highest BCUT2D eigenvalue weighted by Gasteiger charge is 2.22. The second-order valence-electron chi connectivity index (χ2n) is 9.19. The van der Waals surface area contributed by atoms with Gasteiger partial charge in [0.15, 0.2) is 0 Å². The summed E-state index contributed by atoms with van der Waals surface area (Å²) < 4.78 is 21.2. The molecule has 0 spiro atoms. The maximum atomic E-state index is 12.7. The first-order chi connectivity index (χ1) is 21.3. The van der Waals surface area contributed by atoms with Crippen LogP contribution in [0.1, 0.15) is 28.8 Å². The molecule has 0 heterocycles. The Morgan fingerprint density at radius 1 is 0.932 bits per heavy atom. The van der Waals surface area contributed by atoms with Crippen molar-refractivity contribution in [1.29, 1.82) is 0 Å². The summed E-state index contributed by atoms with van der Waals surface area (Å²) in [5.41, 5.74) is 9.66. The number of amides is 3. The van der Waals surface area contributed by atoms with Gasteiger partial charge in [0.2, 0.25) is 5.91 Å². The van der Waals surface area contributed by atoms with Crippen LogP contribution in [0.5, 0.6) is 0 Å². The van der Waals surface area contributed by atoms with E-state index in [1.54, 1.807) is 12.1 Å². The normalized spacial score (nSPS) is 11.1. The lowest BCUT2D eigenvalue weighted by molar-refractivity contribution is -0.139. The molecule has 2 rings (SSSR count). The molecule has 3 N–H and O–H groups in total. The van der Waals surface area contributed by atoms with Gasteiger partial charge in [-0.2, -0.15) is 0 Å². The first-order valence-corrected chi connectivity index (χ1v) is 13.9. The molecule has 0 aliphatic carbocycles. The van der Waals surface area contributed by atoms with Gasteiger partial charge >= 0.3 is 12.1 Å². The number of carbonyl (C=O) groups excluding carboxylic acids is 3. The summed E-state index contributed by atoms with van der Waals surface area (Å²) in [5, 5.41) is 17.9. The maximum Gasteiger partial charge on any atom is 0.414 e. The second kappa shape index (κ2) is 21.1. The van der Waals surface area contributed by atoms with Gasteiger partial charge in [-0.1, -0.05) is 35.4 Å². The molecule has 2 aromatic rings. The number of carbonyl (C=O) groups is 4. The van der Waals surface area contributed by atoms with E-state index in [4.69, 9.17) is 24.5 Å². The largest absolute Gasteiger partial charge is 0.480 e. The van der Waals surface area contributed by atoms with Crippen LogP contribution in [-0.2, 0) is 35.1 Å². The van der Waals surface area contributed by atoms with Gasteiger partial charge in [0.25, 0.3) is 5.91 Å². The average Bonchev–Trinajstić information content (AvgIpc) is 3.04. The smallest absolute Gasteiger partial charge is 0.414 e. The molecule has 0 saturated heterocycles. The molecule has 0 fully saturated rings. The zero-order chi connectivity index (χ0) is 32.0. The minimum Gasteiger partial charge on any atom is -0.480 e. The molecule has 15 nitrogen and oxygen atoms in total. The highest BCUT2D eigenvalue weighted by molar-refractivity contribution is 5.97. The second-order valence-corrected chi connectivity index (χ2v) is 9.19. The number of hydrogen-bond acceptors (Lipinski definition) is 9. The fraction of sp³-hybridized carbons (Fsp3) is 0.448. The summed E-state index contributed by atoms with van der Waals surface area (Å²) >= 11 is 0. The van der Waals surface area contributed by atoms with Crippen LogP contribution in [0.2, 0.25) is 0 Å². The Morgan fingerprint density at radius 3 is 2.20 bits per heavy atom. The van der Waals surface area contributed by atoms with E-state index < -0.39 is 24.0 Å². The topological polar surface area (TPSA) is 201 Å². The number of anilines is 1. The summed E-state index contributed by atoms with van der Waals surface area (Å²) in [4.78, 5) is 52.8. The van der Waals surface area contributed by atoms with Crippen LogP contribution >= 0.6 is 0 Å². The lowest BCUT2D eigenvalue weighted by atomic mass is 10.1. The van der Waals surface area contributed by atoms with Gasteiger partial charge < -0.3 is 34.7 Å². The van der Waals surface area contributed by atoms with E-state index in [1.165, 1.54) is 24.1 Å². The number of carboxylic acids is 1. The molecule has 2 aromatic carbocycles. The Labute approximate surface area is 255 Å². The van der Waals surface area contributed by atoms with E-state index in [2.05, 4.69) is 20.7 Å². The quantitative estimate of drug-likeness (QED) is 0.0818. The highest BCUT2D eigenvalue weighted by Crippen LogP contribution is 2.16. The molecule has 238 valence electrons. The Kier molecular flexibility index (Phi) is 17.0. The third-order valence-corrected chi connectivity index (χ3v) is 5.97. The van der Waals surface area contributed by atoms with Crippen LogP contribution in [0.4, 0.5) is 10.5 Å². The van der Waals surface area contributed by atoms with Crippen LogP contribution in [-0.4, -0.2) is 94.8 Å². The molecular formula is C29H38N6O9. The molecule has 0 bridgehead atoms. The summed E-state index contributed by atoms with van der Waals surface area (Å²) in [7, 11) is 1.53. The number of rotatable bonds is 21. The number of hydrogen-bond donors (Lipinski definition) is 3. The van der Waals surface area contributed by atoms with E-state index in [0.717, 1.165) is 5.56 Å². The Morgan fingerprint density at radius 2 is 1.57 bits per heavy atom. The predicted octanol–water partition coefficient (Wildman–Crippen LogP) is 2.90. The van der Waals surface area contributed by atoms with Gasteiger partial charge in [-0.15, -0.1) is 0 Å². The number of aliphatic carboxylic acids is 1. The number of nitrogens with one attached hydrogen (secondary N) is 2. The average molecular weight is 615 g/mol.